The molecule has 0 bridgehead atoms. The molecule has 0 radical (unpaired) electrons. The van der Waals surface area contributed by atoms with Crippen LogP contribution in [-0.4, -0.2) is 13.1 Å². The summed E-state index contributed by atoms with van der Waals surface area (Å²) >= 11 is 3.33. The van der Waals surface area contributed by atoms with Crippen LogP contribution in [0.4, 0.5) is 4.39 Å². The molecular formula is C10H13BrFN. The minimum absolute atomic E-state index is 0.195. The van der Waals surface area contributed by atoms with E-state index in [1.54, 1.807) is 0 Å². The Morgan fingerprint density at radius 2 is 2.23 bits per heavy atom. The highest BCUT2D eigenvalue weighted by molar-refractivity contribution is 9.10. The first-order valence-electron chi connectivity index (χ1n) is 4.38. The molecule has 1 rings (SSSR count). The average Bonchev–Trinajstić information content (AvgIpc) is 2.09. The van der Waals surface area contributed by atoms with Gasteiger partial charge in [-0.05, 0) is 37.2 Å². The average molecular weight is 246 g/mol. The van der Waals surface area contributed by atoms with Gasteiger partial charge in [0.1, 0.15) is 5.82 Å². The van der Waals surface area contributed by atoms with Gasteiger partial charge in [-0.2, -0.15) is 0 Å². The van der Waals surface area contributed by atoms with Crippen molar-refractivity contribution in [2.24, 2.45) is 0 Å². The summed E-state index contributed by atoms with van der Waals surface area (Å²) in [6, 6.07) is 4.81. The van der Waals surface area contributed by atoms with Crippen LogP contribution in [0.1, 0.15) is 12.5 Å². The Labute approximate surface area is 86.5 Å². The molecule has 3 heteroatoms. The Morgan fingerprint density at radius 3 is 2.85 bits per heavy atom. The number of benzene rings is 1. The molecule has 13 heavy (non-hydrogen) atoms. The molecule has 0 atom stereocenters. The second-order valence-corrected chi connectivity index (χ2v) is 3.69. The normalized spacial score (nSPS) is 10.4. The number of nitrogens with one attached hydrogen (secondary N) is 1. The lowest BCUT2D eigenvalue weighted by Crippen LogP contribution is -2.16. The van der Waals surface area contributed by atoms with Crippen molar-refractivity contribution < 1.29 is 4.39 Å². The number of rotatable bonds is 4. The zero-order valence-electron chi connectivity index (χ0n) is 7.61. The standard InChI is InChI=1S/C10H13BrFN/c1-2-13-6-5-8-3-4-9(12)7-10(8)11/h3-4,7,13H,2,5-6H2,1H3. The molecule has 0 amide bonds. The number of hydrogen-bond donors (Lipinski definition) is 1. The molecule has 0 aliphatic carbocycles. The third-order valence-electron chi connectivity index (χ3n) is 1.84. The van der Waals surface area contributed by atoms with Gasteiger partial charge in [-0.1, -0.05) is 28.9 Å². The van der Waals surface area contributed by atoms with Gasteiger partial charge in [0.15, 0.2) is 0 Å². The molecule has 0 unspecified atom stereocenters. The summed E-state index contributed by atoms with van der Waals surface area (Å²) in [5.41, 5.74) is 1.14. The number of hydrogen-bond acceptors (Lipinski definition) is 1. The van der Waals surface area contributed by atoms with Crippen LogP contribution in [0.25, 0.3) is 0 Å². The molecule has 0 fully saturated rings. The van der Waals surface area contributed by atoms with Gasteiger partial charge in [-0.3, -0.25) is 0 Å². The first kappa shape index (κ1) is 10.7. The van der Waals surface area contributed by atoms with Gasteiger partial charge in [-0.15, -0.1) is 0 Å². The fourth-order valence-electron chi connectivity index (χ4n) is 1.12. The quantitative estimate of drug-likeness (QED) is 0.805. The van der Waals surface area contributed by atoms with E-state index in [-0.39, 0.29) is 5.82 Å². The van der Waals surface area contributed by atoms with Crippen molar-refractivity contribution in [3.05, 3.63) is 34.1 Å². The highest BCUT2D eigenvalue weighted by Gasteiger charge is 2.00. The second kappa shape index (κ2) is 5.35. The van der Waals surface area contributed by atoms with Crippen LogP contribution in [0.3, 0.4) is 0 Å². The maximum absolute atomic E-state index is 12.7. The predicted molar refractivity (Wildman–Crippen MR) is 56.3 cm³/mol. The van der Waals surface area contributed by atoms with Crippen molar-refractivity contribution >= 4 is 15.9 Å². The minimum Gasteiger partial charge on any atom is -0.317 e. The van der Waals surface area contributed by atoms with Crippen molar-refractivity contribution in [1.82, 2.24) is 5.32 Å². The lowest BCUT2D eigenvalue weighted by Gasteiger charge is -2.04. The third kappa shape index (κ3) is 3.44. The fraction of sp³-hybridized carbons (Fsp3) is 0.400. The van der Waals surface area contributed by atoms with E-state index < -0.39 is 0 Å². The molecule has 0 aliphatic heterocycles. The summed E-state index contributed by atoms with van der Waals surface area (Å²) in [5.74, 6) is -0.195. The molecule has 72 valence electrons. The summed E-state index contributed by atoms with van der Waals surface area (Å²) in [7, 11) is 0. The van der Waals surface area contributed by atoms with Crippen LogP contribution in [-0.2, 0) is 6.42 Å². The monoisotopic (exact) mass is 245 g/mol. The third-order valence-corrected chi connectivity index (χ3v) is 2.57. The zero-order chi connectivity index (χ0) is 9.68. The van der Waals surface area contributed by atoms with Gasteiger partial charge >= 0.3 is 0 Å². The van der Waals surface area contributed by atoms with Crippen LogP contribution < -0.4 is 5.32 Å². The molecule has 1 aromatic rings. The van der Waals surface area contributed by atoms with E-state index in [0.717, 1.165) is 29.5 Å². The first-order valence-corrected chi connectivity index (χ1v) is 5.18. The molecule has 0 aromatic heterocycles. The minimum atomic E-state index is -0.195. The van der Waals surface area contributed by atoms with Crippen LogP contribution in [0, 0.1) is 5.82 Å². The number of likely N-dealkylation sites (N-methyl/N-ethyl adjacent to an activating group) is 1. The molecule has 1 N–H and O–H groups in total. The zero-order valence-corrected chi connectivity index (χ0v) is 9.20. The summed E-state index contributed by atoms with van der Waals surface area (Å²) < 4.78 is 13.5. The highest BCUT2D eigenvalue weighted by atomic mass is 79.9. The van der Waals surface area contributed by atoms with Gasteiger partial charge < -0.3 is 5.32 Å². The van der Waals surface area contributed by atoms with Crippen LogP contribution in [0.5, 0.6) is 0 Å². The molecule has 0 saturated carbocycles. The molecule has 0 heterocycles. The lowest BCUT2D eigenvalue weighted by atomic mass is 10.1. The van der Waals surface area contributed by atoms with E-state index in [2.05, 4.69) is 28.2 Å². The van der Waals surface area contributed by atoms with E-state index in [0.29, 0.717) is 0 Å². The van der Waals surface area contributed by atoms with E-state index in [4.69, 9.17) is 0 Å². The number of halogens is 2. The van der Waals surface area contributed by atoms with Crippen molar-refractivity contribution in [2.75, 3.05) is 13.1 Å². The summed E-state index contributed by atoms with van der Waals surface area (Å²) in [6.45, 7) is 3.97. The fourth-order valence-corrected chi connectivity index (χ4v) is 1.67. The maximum atomic E-state index is 12.7. The molecular weight excluding hydrogens is 233 g/mol. The van der Waals surface area contributed by atoms with Crippen molar-refractivity contribution in [2.45, 2.75) is 13.3 Å². The summed E-state index contributed by atoms with van der Waals surface area (Å²) in [6.07, 6.45) is 0.925. The Bertz CT molecular complexity index is 276. The molecule has 1 aromatic carbocycles. The smallest absolute Gasteiger partial charge is 0.124 e. The molecule has 1 nitrogen and oxygen atoms in total. The Morgan fingerprint density at radius 1 is 1.46 bits per heavy atom. The summed E-state index contributed by atoms with van der Waals surface area (Å²) in [5, 5.41) is 3.22. The van der Waals surface area contributed by atoms with Gasteiger partial charge in [0, 0.05) is 4.47 Å². The van der Waals surface area contributed by atoms with Gasteiger partial charge in [0.2, 0.25) is 0 Å². The Kier molecular flexibility index (Phi) is 4.39. The van der Waals surface area contributed by atoms with Crippen molar-refractivity contribution in [1.29, 1.82) is 0 Å². The molecule has 0 aliphatic rings. The molecule has 0 spiro atoms. The van der Waals surface area contributed by atoms with Crippen molar-refractivity contribution in [3.8, 4) is 0 Å². The predicted octanol–water partition coefficient (Wildman–Crippen LogP) is 2.74. The maximum Gasteiger partial charge on any atom is 0.124 e. The van der Waals surface area contributed by atoms with Crippen LogP contribution in [0.15, 0.2) is 22.7 Å². The highest BCUT2D eigenvalue weighted by Crippen LogP contribution is 2.17. The van der Waals surface area contributed by atoms with Crippen molar-refractivity contribution in [3.63, 3.8) is 0 Å². The topological polar surface area (TPSA) is 12.0 Å². The van der Waals surface area contributed by atoms with Gasteiger partial charge in [-0.25, -0.2) is 4.39 Å². The second-order valence-electron chi connectivity index (χ2n) is 2.84. The largest absolute Gasteiger partial charge is 0.317 e. The van der Waals surface area contributed by atoms with E-state index >= 15 is 0 Å². The van der Waals surface area contributed by atoms with E-state index in [9.17, 15) is 4.39 Å². The van der Waals surface area contributed by atoms with Crippen LogP contribution in [0.2, 0.25) is 0 Å². The molecule has 0 saturated heterocycles. The summed E-state index contributed by atoms with van der Waals surface area (Å²) in [4.78, 5) is 0. The lowest BCUT2D eigenvalue weighted by molar-refractivity contribution is 0.625. The Balaban J connectivity index is 2.56. The van der Waals surface area contributed by atoms with Gasteiger partial charge in [0.25, 0.3) is 0 Å². The van der Waals surface area contributed by atoms with Crippen LogP contribution >= 0.6 is 15.9 Å². The van der Waals surface area contributed by atoms with E-state index in [1.807, 2.05) is 6.07 Å². The van der Waals surface area contributed by atoms with Gasteiger partial charge in [0.05, 0.1) is 0 Å². The SMILES string of the molecule is CCNCCc1ccc(F)cc1Br. The Hall–Kier alpha value is -0.410. The van der Waals surface area contributed by atoms with E-state index in [1.165, 1.54) is 12.1 Å². The first-order chi connectivity index (χ1) is 6.24.